The Balaban J connectivity index is 0.00000200. The largest absolute Gasteiger partial charge is 0.325 e. The van der Waals surface area contributed by atoms with Crippen molar-refractivity contribution in [2.24, 2.45) is 0 Å². The number of hydrogen-bond acceptors (Lipinski definition) is 3. The molecule has 5 rings (SSSR count). The smallest absolute Gasteiger partial charge is 0.239 e. The number of piperidine rings is 1. The highest BCUT2D eigenvalue weighted by Gasteiger charge is 2.49. The average molecular weight is 555 g/mol. The number of nitrogens with zero attached hydrogens (tertiary/aromatic N) is 2. The molecular weight excluding hydrogens is 513 g/mol. The van der Waals surface area contributed by atoms with Crippen LogP contribution in [0.1, 0.15) is 53.9 Å². The predicted octanol–water partition coefficient (Wildman–Crippen LogP) is 6.53. The third kappa shape index (κ3) is 6.26. The third-order valence-corrected chi connectivity index (χ3v) is 8.19. The summed E-state index contributed by atoms with van der Waals surface area (Å²) in [5, 5.41) is 3.27. The topological polar surface area (TPSA) is 35.6 Å². The van der Waals surface area contributed by atoms with Gasteiger partial charge in [0, 0.05) is 5.69 Å². The van der Waals surface area contributed by atoms with E-state index in [0.29, 0.717) is 5.92 Å². The lowest BCUT2D eigenvalue weighted by molar-refractivity contribution is -0.119. The van der Waals surface area contributed by atoms with E-state index >= 15 is 0 Å². The number of carbonyl (C=O) groups is 1. The Bertz CT molecular complexity index is 1160. The van der Waals surface area contributed by atoms with Gasteiger partial charge in [0.25, 0.3) is 0 Å². The van der Waals surface area contributed by atoms with E-state index in [2.05, 4.69) is 102 Å². The number of nitrogens with one attached hydrogen (secondary N) is 1. The van der Waals surface area contributed by atoms with Gasteiger partial charge in [-0.2, -0.15) is 0 Å². The summed E-state index contributed by atoms with van der Waals surface area (Å²) >= 11 is 0. The van der Waals surface area contributed by atoms with Gasteiger partial charge in [-0.25, -0.2) is 0 Å². The second kappa shape index (κ2) is 13.6. The maximum absolute atomic E-state index is 13.9. The summed E-state index contributed by atoms with van der Waals surface area (Å²) in [6.45, 7) is 4.14. The lowest BCUT2D eigenvalue weighted by Crippen LogP contribution is -2.42. The van der Waals surface area contributed by atoms with Crippen LogP contribution in [0.4, 0.5) is 5.69 Å². The summed E-state index contributed by atoms with van der Waals surface area (Å²) in [6.07, 6.45) is 5.22. The van der Waals surface area contributed by atoms with Crippen LogP contribution in [0.2, 0.25) is 0 Å². The lowest BCUT2D eigenvalue weighted by Gasteiger charge is -2.36. The van der Waals surface area contributed by atoms with Crippen molar-refractivity contribution in [1.29, 1.82) is 0 Å². The summed E-state index contributed by atoms with van der Waals surface area (Å²) in [5.41, 5.74) is 5.44. The SMILES string of the molecule is CN(C)CCCc1cccc2c1C(CCN1CCC(c3ccccc3)CC1)(c1ccccc1)C(=O)N2.Cl.Cl. The molecule has 0 spiro atoms. The van der Waals surface area contributed by atoms with Gasteiger partial charge in [-0.05, 0) is 107 Å². The first-order chi connectivity index (χ1) is 17.6. The Morgan fingerprint density at radius 2 is 1.55 bits per heavy atom. The van der Waals surface area contributed by atoms with Gasteiger partial charge in [0.2, 0.25) is 5.91 Å². The first-order valence-electron chi connectivity index (χ1n) is 13.5. The van der Waals surface area contributed by atoms with E-state index < -0.39 is 5.41 Å². The fourth-order valence-electron chi connectivity index (χ4n) is 6.27. The van der Waals surface area contributed by atoms with E-state index in [1.165, 1.54) is 29.5 Å². The van der Waals surface area contributed by atoms with Crippen molar-refractivity contribution in [2.75, 3.05) is 45.6 Å². The van der Waals surface area contributed by atoms with Crippen LogP contribution in [0, 0.1) is 0 Å². The van der Waals surface area contributed by atoms with E-state index in [1.807, 2.05) is 6.07 Å². The molecule has 1 amide bonds. The van der Waals surface area contributed by atoms with Crippen LogP contribution in [0.25, 0.3) is 0 Å². The molecule has 3 aromatic rings. The molecule has 3 aromatic carbocycles. The van der Waals surface area contributed by atoms with Crippen LogP contribution in [0.5, 0.6) is 0 Å². The number of anilines is 1. The number of fused-ring (bicyclic) bond motifs is 1. The molecule has 1 saturated heterocycles. The minimum atomic E-state index is -0.637. The maximum Gasteiger partial charge on any atom is 0.239 e. The van der Waals surface area contributed by atoms with Crippen LogP contribution in [0.3, 0.4) is 0 Å². The summed E-state index contributed by atoms with van der Waals surface area (Å²) in [6, 6.07) is 27.8. The van der Waals surface area contributed by atoms with Gasteiger partial charge in [-0.15, -0.1) is 24.8 Å². The van der Waals surface area contributed by atoms with Crippen LogP contribution in [-0.2, 0) is 16.6 Å². The molecule has 4 nitrogen and oxygen atoms in total. The van der Waals surface area contributed by atoms with Gasteiger partial charge in [0.05, 0.1) is 0 Å². The molecule has 0 aromatic heterocycles. The minimum Gasteiger partial charge on any atom is -0.325 e. The molecule has 0 aliphatic carbocycles. The highest BCUT2D eigenvalue weighted by atomic mass is 35.5. The molecule has 2 aliphatic rings. The number of amides is 1. The molecule has 38 heavy (non-hydrogen) atoms. The highest BCUT2D eigenvalue weighted by molar-refractivity contribution is 6.09. The molecule has 1 unspecified atom stereocenters. The number of rotatable bonds is 9. The van der Waals surface area contributed by atoms with E-state index in [4.69, 9.17) is 0 Å². The first kappa shape index (κ1) is 30.2. The molecule has 0 bridgehead atoms. The number of hydrogen-bond donors (Lipinski definition) is 1. The Morgan fingerprint density at radius 3 is 2.21 bits per heavy atom. The summed E-state index contributed by atoms with van der Waals surface area (Å²) in [7, 11) is 4.24. The number of aryl methyl sites for hydroxylation is 1. The van der Waals surface area contributed by atoms with Gasteiger partial charge in [-0.3, -0.25) is 4.79 Å². The second-order valence-corrected chi connectivity index (χ2v) is 10.7. The third-order valence-electron chi connectivity index (χ3n) is 8.19. The normalized spacial score (nSPS) is 19.4. The molecule has 6 heteroatoms. The number of halogens is 2. The molecule has 1 N–H and O–H groups in total. The van der Waals surface area contributed by atoms with E-state index in [0.717, 1.165) is 56.7 Å². The van der Waals surface area contributed by atoms with Crippen LogP contribution < -0.4 is 5.32 Å². The Morgan fingerprint density at radius 1 is 0.895 bits per heavy atom. The quantitative estimate of drug-likeness (QED) is 0.327. The molecule has 2 aliphatic heterocycles. The van der Waals surface area contributed by atoms with Crippen LogP contribution >= 0.6 is 24.8 Å². The minimum absolute atomic E-state index is 0. The molecule has 0 radical (unpaired) electrons. The molecular formula is C32H41Cl2N3O. The summed E-state index contributed by atoms with van der Waals surface area (Å²) < 4.78 is 0. The zero-order chi connectivity index (χ0) is 25.0. The van der Waals surface area contributed by atoms with Crippen molar-refractivity contribution in [3.8, 4) is 0 Å². The Hall–Kier alpha value is -2.37. The number of carbonyl (C=O) groups excluding carboxylic acids is 1. The van der Waals surface area contributed by atoms with Gasteiger partial charge in [-0.1, -0.05) is 72.8 Å². The fourth-order valence-corrected chi connectivity index (χ4v) is 6.27. The van der Waals surface area contributed by atoms with Gasteiger partial charge < -0.3 is 15.1 Å². The second-order valence-electron chi connectivity index (χ2n) is 10.7. The molecule has 204 valence electrons. The van der Waals surface area contributed by atoms with Crippen LogP contribution in [0.15, 0.2) is 78.9 Å². The monoisotopic (exact) mass is 553 g/mol. The molecule has 2 heterocycles. The first-order valence-corrected chi connectivity index (χ1v) is 13.5. The number of likely N-dealkylation sites (tertiary alicyclic amines) is 1. The molecule has 1 fully saturated rings. The van der Waals surface area contributed by atoms with Crippen LogP contribution in [-0.4, -0.2) is 56.0 Å². The van der Waals surface area contributed by atoms with Crippen molar-refractivity contribution in [3.63, 3.8) is 0 Å². The lowest BCUT2D eigenvalue weighted by atomic mass is 9.70. The van der Waals surface area contributed by atoms with Crippen molar-refractivity contribution < 1.29 is 4.79 Å². The van der Waals surface area contributed by atoms with Gasteiger partial charge in [0.15, 0.2) is 0 Å². The standard InChI is InChI=1S/C32H39N3O.2ClH/c1-34(2)21-10-14-27-13-9-17-29-30(27)32(31(36)33-29,28-15-7-4-8-16-28)20-24-35-22-18-26(19-23-35)25-11-5-3-6-12-25;;/h3-9,11-13,15-17,26H,10,14,18-24H2,1-2H3,(H,33,36);2*1H. The Labute approximate surface area is 240 Å². The van der Waals surface area contributed by atoms with E-state index in [-0.39, 0.29) is 30.7 Å². The van der Waals surface area contributed by atoms with Crippen molar-refractivity contribution in [2.45, 2.75) is 43.4 Å². The molecule has 0 saturated carbocycles. The van der Waals surface area contributed by atoms with Gasteiger partial charge >= 0.3 is 0 Å². The number of benzene rings is 3. The van der Waals surface area contributed by atoms with E-state index in [1.54, 1.807) is 0 Å². The van der Waals surface area contributed by atoms with Crippen molar-refractivity contribution in [1.82, 2.24) is 9.80 Å². The predicted molar refractivity (Wildman–Crippen MR) is 163 cm³/mol. The fraction of sp³-hybridized carbons (Fsp3) is 0.406. The van der Waals surface area contributed by atoms with Crippen molar-refractivity contribution >= 4 is 36.4 Å². The Kier molecular flexibility index (Phi) is 10.8. The average Bonchev–Trinajstić information content (AvgIpc) is 3.21. The summed E-state index contributed by atoms with van der Waals surface area (Å²) in [5.74, 6) is 0.771. The highest BCUT2D eigenvalue weighted by Crippen LogP contribution is 2.47. The molecule has 1 atom stereocenters. The zero-order valence-electron chi connectivity index (χ0n) is 22.6. The van der Waals surface area contributed by atoms with Crippen molar-refractivity contribution in [3.05, 3.63) is 101 Å². The maximum atomic E-state index is 13.9. The van der Waals surface area contributed by atoms with Gasteiger partial charge in [0.1, 0.15) is 5.41 Å². The zero-order valence-corrected chi connectivity index (χ0v) is 24.2. The van der Waals surface area contributed by atoms with E-state index in [9.17, 15) is 4.79 Å². The summed E-state index contributed by atoms with van der Waals surface area (Å²) in [4.78, 5) is 18.7.